The molecule has 0 unspecified atom stereocenters. The Balaban J connectivity index is 1.60. The number of rotatable bonds is 6. The molecular weight excluding hydrogens is 330 g/mol. The van der Waals surface area contributed by atoms with Crippen molar-refractivity contribution in [1.29, 1.82) is 0 Å². The van der Waals surface area contributed by atoms with Gasteiger partial charge in [-0.3, -0.25) is 14.4 Å². The lowest BCUT2D eigenvalue weighted by Gasteiger charge is -2.22. The van der Waals surface area contributed by atoms with E-state index in [-0.39, 0.29) is 17.9 Å². The molecule has 1 aromatic carbocycles. The first-order valence-electron chi connectivity index (χ1n) is 8.87. The molecule has 1 saturated heterocycles. The van der Waals surface area contributed by atoms with Crippen molar-refractivity contribution in [1.82, 2.24) is 24.8 Å². The highest BCUT2D eigenvalue weighted by Gasteiger charge is 2.36. The largest absolute Gasteiger partial charge is 0.379 e. The molecule has 1 fully saturated rings. The van der Waals surface area contributed by atoms with Crippen LogP contribution in [0.15, 0.2) is 30.5 Å². The summed E-state index contributed by atoms with van der Waals surface area (Å²) < 4.78 is 7.33. The lowest BCUT2D eigenvalue weighted by Crippen LogP contribution is -2.37. The lowest BCUT2D eigenvalue weighted by atomic mass is 10.0. The van der Waals surface area contributed by atoms with Gasteiger partial charge in [-0.05, 0) is 18.1 Å². The van der Waals surface area contributed by atoms with E-state index in [2.05, 4.69) is 34.3 Å². The molecule has 0 spiro atoms. The number of likely N-dealkylation sites (N-methyl/N-ethyl adjacent to an activating group) is 1. The summed E-state index contributed by atoms with van der Waals surface area (Å²) in [6.45, 7) is 4.56. The van der Waals surface area contributed by atoms with Gasteiger partial charge in [0.15, 0.2) is 0 Å². The molecule has 7 heteroatoms. The first kappa shape index (κ1) is 18.5. The van der Waals surface area contributed by atoms with Crippen molar-refractivity contribution in [3.05, 3.63) is 47.3 Å². The number of aryl methyl sites for hydroxylation is 2. The normalized spacial score (nSPS) is 20.5. The van der Waals surface area contributed by atoms with Gasteiger partial charge < -0.3 is 9.64 Å². The number of aromatic nitrogens is 3. The van der Waals surface area contributed by atoms with Crippen molar-refractivity contribution >= 4 is 5.91 Å². The Morgan fingerprint density at radius 3 is 2.77 bits per heavy atom. The van der Waals surface area contributed by atoms with Gasteiger partial charge in [0.05, 0.1) is 18.3 Å². The molecule has 26 heavy (non-hydrogen) atoms. The standard InChI is InChI=1S/C19H27N5O2/c1-14-7-5-6-8-15(14)9-22(2)19(25)13-24-10-16(18(12-24)26-4)17-11-23(3)21-20-17/h5-8,11,16,18H,9-10,12-13H2,1-4H3/t16-,18+/m0/s1. The van der Waals surface area contributed by atoms with Gasteiger partial charge in [-0.25, -0.2) is 0 Å². The van der Waals surface area contributed by atoms with E-state index in [1.54, 1.807) is 16.7 Å². The van der Waals surface area contributed by atoms with Crippen LogP contribution in [-0.2, 0) is 23.1 Å². The highest BCUT2D eigenvalue weighted by molar-refractivity contribution is 5.78. The van der Waals surface area contributed by atoms with Crippen molar-refractivity contribution in [2.45, 2.75) is 25.5 Å². The summed E-state index contributed by atoms with van der Waals surface area (Å²) in [6.07, 6.45) is 1.95. The Bertz CT molecular complexity index is 760. The third kappa shape index (κ3) is 4.11. The topological polar surface area (TPSA) is 63.5 Å². The number of methoxy groups -OCH3 is 1. The SMILES string of the molecule is CO[C@@H]1CN(CC(=O)N(C)Cc2ccccc2C)C[C@H]1c1cn(C)nn1. The van der Waals surface area contributed by atoms with Gasteiger partial charge in [-0.2, -0.15) is 0 Å². The van der Waals surface area contributed by atoms with E-state index < -0.39 is 0 Å². The Labute approximate surface area is 154 Å². The zero-order valence-electron chi connectivity index (χ0n) is 15.9. The van der Waals surface area contributed by atoms with Crippen LogP contribution < -0.4 is 0 Å². The van der Waals surface area contributed by atoms with Gasteiger partial charge in [0.1, 0.15) is 0 Å². The van der Waals surface area contributed by atoms with Crippen LogP contribution in [0.2, 0.25) is 0 Å². The third-order valence-corrected chi connectivity index (χ3v) is 5.10. The number of amides is 1. The van der Waals surface area contributed by atoms with E-state index in [1.165, 1.54) is 11.1 Å². The summed E-state index contributed by atoms with van der Waals surface area (Å²) in [5.74, 6) is 0.256. The lowest BCUT2D eigenvalue weighted by molar-refractivity contribution is -0.131. The molecule has 3 rings (SSSR count). The fraction of sp³-hybridized carbons (Fsp3) is 0.526. The Morgan fingerprint density at radius 1 is 1.35 bits per heavy atom. The van der Waals surface area contributed by atoms with Crippen molar-refractivity contribution in [3.63, 3.8) is 0 Å². The number of hydrogen-bond donors (Lipinski definition) is 0. The number of carbonyl (C=O) groups is 1. The Morgan fingerprint density at radius 2 is 2.12 bits per heavy atom. The minimum Gasteiger partial charge on any atom is -0.379 e. The molecule has 2 aromatic rings. The van der Waals surface area contributed by atoms with Crippen LogP contribution in [0.25, 0.3) is 0 Å². The molecular formula is C19H27N5O2. The van der Waals surface area contributed by atoms with E-state index >= 15 is 0 Å². The monoisotopic (exact) mass is 357 g/mol. The first-order valence-corrected chi connectivity index (χ1v) is 8.87. The third-order valence-electron chi connectivity index (χ3n) is 5.10. The van der Waals surface area contributed by atoms with Crippen LogP contribution in [0.4, 0.5) is 0 Å². The van der Waals surface area contributed by atoms with E-state index in [9.17, 15) is 4.79 Å². The fourth-order valence-corrected chi connectivity index (χ4v) is 3.48. The summed E-state index contributed by atoms with van der Waals surface area (Å²) in [4.78, 5) is 16.6. The average Bonchev–Trinajstić information content (AvgIpc) is 3.22. The maximum atomic E-state index is 12.7. The molecule has 2 atom stereocenters. The second kappa shape index (κ2) is 7.97. The maximum Gasteiger partial charge on any atom is 0.236 e. The number of likely N-dealkylation sites (tertiary alicyclic amines) is 1. The molecule has 7 nitrogen and oxygen atoms in total. The molecule has 0 N–H and O–H groups in total. The first-order chi connectivity index (χ1) is 12.5. The van der Waals surface area contributed by atoms with Gasteiger partial charge in [0.25, 0.3) is 0 Å². The molecule has 0 bridgehead atoms. The van der Waals surface area contributed by atoms with Gasteiger partial charge >= 0.3 is 0 Å². The number of nitrogens with zero attached hydrogens (tertiary/aromatic N) is 5. The Hall–Kier alpha value is -2.25. The second-order valence-electron chi connectivity index (χ2n) is 7.07. The molecule has 1 aromatic heterocycles. The average molecular weight is 357 g/mol. The number of ether oxygens (including phenoxy) is 1. The summed E-state index contributed by atoms with van der Waals surface area (Å²) >= 11 is 0. The van der Waals surface area contributed by atoms with Crippen LogP contribution >= 0.6 is 0 Å². The van der Waals surface area contributed by atoms with Crippen LogP contribution in [-0.4, -0.2) is 70.6 Å². The van der Waals surface area contributed by atoms with E-state index in [0.29, 0.717) is 13.1 Å². The van der Waals surface area contributed by atoms with E-state index in [4.69, 9.17) is 4.74 Å². The smallest absolute Gasteiger partial charge is 0.236 e. The van der Waals surface area contributed by atoms with Crippen molar-refractivity contribution in [2.75, 3.05) is 33.8 Å². The number of hydrogen-bond acceptors (Lipinski definition) is 5. The van der Waals surface area contributed by atoms with Crippen molar-refractivity contribution < 1.29 is 9.53 Å². The molecule has 1 amide bonds. The van der Waals surface area contributed by atoms with Crippen LogP contribution in [0.1, 0.15) is 22.7 Å². The minimum absolute atomic E-state index is 0.0289. The van der Waals surface area contributed by atoms with Crippen LogP contribution in [0.5, 0.6) is 0 Å². The molecule has 0 saturated carbocycles. The summed E-state index contributed by atoms with van der Waals surface area (Å²) in [7, 11) is 5.43. The van der Waals surface area contributed by atoms with Gasteiger partial charge in [0, 0.05) is 53.0 Å². The summed E-state index contributed by atoms with van der Waals surface area (Å²) in [5, 5.41) is 8.24. The zero-order chi connectivity index (χ0) is 18.7. The second-order valence-corrected chi connectivity index (χ2v) is 7.07. The molecule has 1 aliphatic rings. The summed E-state index contributed by atoms with van der Waals surface area (Å²) in [5.41, 5.74) is 3.30. The molecule has 0 radical (unpaired) electrons. The van der Waals surface area contributed by atoms with E-state index in [1.807, 2.05) is 32.4 Å². The number of benzene rings is 1. The Kier molecular flexibility index (Phi) is 5.68. The molecule has 1 aliphatic heterocycles. The maximum absolute atomic E-state index is 12.7. The number of carbonyl (C=O) groups excluding carboxylic acids is 1. The highest BCUT2D eigenvalue weighted by atomic mass is 16.5. The molecule has 140 valence electrons. The van der Waals surface area contributed by atoms with Gasteiger partial charge in [-0.15, -0.1) is 5.10 Å². The van der Waals surface area contributed by atoms with E-state index in [0.717, 1.165) is 18.8 Å². The quantitative estimate of drug-likeness (QED) is 0.777. The van der Waals surface area contributed by atoms with Crippen LogP contribution in [0, 0.1) is 6.92 Å². The highest BCUT2D eigenvalue weighted by Crippen LogP contribution is 2.28. The molecule has 2 heterocycles. The fourth-order valence-electron chi connectivity index (χ4n) is 3.48. The van der Waals surface area contributed by atoms with Crippen LogP contribution in [0.3, 0.4) is 0 Å². The zero-order valence-corrected chi connectivity index (χ0v) is 15.9. The van der Waals surface area contributed by atoms with Crippen molar-refractivity contribution in [2.24, 2.45) is 7.05 Å². The van der Waals surface area contributed by atoms with Gasteiger partial charge in [0.2, 0.25) is 5.91 Å². The summed E-state index contributed by atoms with van der Waals surface area (Å²) in [6, 6.07) is 8.17. The van der Waals surface area contributed by atoms with Gasteiger partial charge in [-0.1, -0.05) is 29.5 Å². The van der Waals surface area contributed by atoms with Crippen molar-refractivity contribution in [3.8, 4) is 0 Å². The molecule has 0 aliphatic carbocycles. The predicted molar refractivity (Wildman–Crippen MR) is 98.6 cm³/mol. The predicted octanol–water partition coefficient (Wildman–Crippen LogP) is 1.20. The minimum atomic E-state index is 0.0289.